The third-order valence-corrected chi connectivity index (χ3v) is 6.68. The van der Waals surface area contributed by atoms with Crippen molar-refractivity contribution in [3.8, 4) is 0 Å². The maximum atomic E-state index is 11.6. The van der Waals surface area contributed by atoms with Crippen LogP contribution in [0.4, 0.5) is 0 Å². The van der Waals surface area contributed by atoms with Gasteiger partial charge >= 0.3 is 0 Å². The first-order valence-corrected chi connectivity index (χ1v) is 9.89. The van der Waals surface area contributed by atoms with E-state index in [9.17, 15) is 8.42 Å². The van der Waals surface area contributed by atoms with Gasteiger partial charge in [-0.05, 0) is 45.7 Å². The molecular weight excluding hydrogens is 272 g/mol. The lowest BCUT2D eigenvalue weighted by Gasteiger charge is -2.37. The summed E-state index contributed by atoms with van der Waals surface area (Å²) < 4.78 is 23.2. The topological polar surface area (TPSA) is 49.4 Å². The third kappa shape index (κ3) is 5.01. The van der Waals surface area contributed by atoms with Crippen molar-refractivity contribution in [1.82, 2.24) is 10.2 Å². The highest BCUT2D eigenvalue weighted by Gasteiger charge is 2.32. The van der Waals surface area contributed by atoms with Crippen LogP contribution in [0.15, 0.2) is 0 Å². The van der Waals surface area contributed by atoms with E-state index < -0.39 is 9.84 Å². The molecule has 1 N–H and O–H groups in total. The first-order chi connectivity index (χ1) is 9.38. The van der Waals surface area contributed by atoms with Gasteiger partial charge in [-0.3, -0.25) is 4.90 Å². The first-order valence-electron chi connectivity index (χ1n) is 8.07. The summed E-state index contributed by atoms with van der Waals surface area (Å²) in [7, 11) is -2.83. The number of nitrogens with one attached hydrogen (secondary N) is 1. The van der Waals surface area contributed by atoms with Crippen LogP contribution in [0.1, 0.15) is 53.4 Å². The van der Waals surface area contributed by atoms with E-state index in [0.717, 1.165) is 45.3 Å². The van der Waals surface area contributed by atoms with E-state index >= 15 is 0 Å². The molecule has 1 unspecified atom stereocenters. The number of hydrogen-bond donors (Lipinski definition) is 1. The van der Waals surface area contributed by atoms with Crippen LogP contribution in [0.25, 0.3) is 0 Å². The molecule has 0 aliphatic carbocycles. The highest BCUT2D eigenvalue weighted by molar-refractivity contribution is 7.91. The summed E-state index contributed by atoms with van der Waals surface area (Å²) in [6.07, 6.45) is 4.15. The fourth-order valence-electron chi connectivity index (χ4n) is 2.98. The summed E-state index contributed by atoms with van der Waals surface area (Å²) in [5.74, 6) is 0.587. The number of sulfone groups is 1. The molecule has 0 bridgehead atoms. The summed E-state index contributed by atoms with van der Waals surface area (Å²) in [6.45, 7) is 11.5. The normalized spacial score (nSPS) is 24.5. The molecule has 120 valence electrons. The summed E-state index contributed by atoms with van der Waals surface area (Å²) >= 11 is 0. The largest absolute Gasteiger partial charge is 0.310 e. The van der Waals surface area contributed by atoms with Gasteiger partial charge in [-0.2, -0.15) is 0 Å². The molecule has 1 aliphatic heterocycles. The van der Waals surface area contributed by atoms with Gasteiger partial charge in [-0.25, -0.2) is 8.42 Å². The van der Waals surface area contributed by atoms with E-state index in [1.165, 1.54) is 0 Å². The van der Waals surface area contributed by atoms with E-state index in [1.807, 2.05) is 0 Å². The van der Waals surface area contributed by atoms with E-state index in [2.05, 4.69) is 31.0 Å². The van der Waals surface area contributed by atoms with Crippen LogP contribution in [-0.4, -0.2) is 56.0 Å². The number of rotatable bonds is 7. The summed E-state index contributed by atoms with van der Waals surface area (Å²) in [5, 5.41) is 3.71. The summed E-state index contributed by atoms with van der Waals surface area (Å²) in [6, 6.07) is 0.534. The Bertz CT molecular complexity index is 377. The van der Waals surface area contributed by atoms with Gasteiger partial charge in [-0.15, -0.1) is 0 Å². The fourth-order valence-corrected chi connectivity index (χ4v) is 3.84. The van der Waals surface area contributed by atoms with Crippen LogP contribution >= 0.6 is 0 Å². The minimum absolute atomic E-state index is 0.203. The van der Waals surface area contributed by atoms with Crippen LogP contribution in [0.2, 0.25) is 0 Å². The average Bonchev–Trinajstić information content (AvgIpc) is 2.59. The van der Waals surface area contributed by atoms with Crippen molar-refractivity contribution in [3.63, 3.8) is 0 Å². The Hall–Kier alpha value is -0.130. The lowest BCUT2D eigenvalue weighted by atomic mass is 9.92. The van der Waals surface area contributed by atoms with Crippen molar-refractivity contribution in [3.05, 3.63) is 0 Å². The highest BCUT2D eigenvalue weighted by atomic mass is 32.2. The Morgan fingerprint density at radius 2 is 1.90 bits per heavy atom. The van der Waals surface area contributed by atoms with Gasteiger partial charge in [-0.1, -0.05) is 20.8 Å². The first kappa shape index (κ1) is 17.9. The van der Waals surface area contributed by atoms with Gasteiger partial charge in [0.25, 0.3) is 0 Å². The molecule has 5 heteroatoms. The zero-order valence-corrected chi connectivity index (χ0v) is 14.4. The van der Waals surface area contributed by atoms with Gasteiger partial charge in [0.1, 0.15) is 9.84 Å². The molecular formula is C15H32N2O2S. The molecule has 0 amide bonds. The quantitative estimate of drug-likeness (QED) is 0.782. The van der Waals surface area contributed by atoms with Gasteiger partial charge in [0.15, 0.2) is 0 Å². The summed E-state index contributed by atoms with van der Waals surface area (Å²) in [4.78, 5) is 2.48. The van der Waals surface area contributed by atoms with E-state index in [1.54, 1.807) is 6.92 Å². The smallest absolute Gasteiger partial charge is 0.150 e. The zero-order chi connectivity index (χ0) is 15.2. The van der Waals surface area contributed by atoms with Crippen LogP contribution in [0.5, 0.6) is 0 Å². The molecule has 0 aromatic heterocycles. The molecule has 4 nitrogen and oxygen atoms in total. The van der Waals surface area contributed by atoms with Crippen LogP contribution in [0.3, 0.4) is 0 Å². The Kier molecular flexibility index (Phi) is 6.95. The maximum absolute atomic E-state index is 11.6. The number of nitrogens with zero attached hydrogens (tertiary/aromatic N) is 1. The monoisotopic (exact) mass is 304 g/mol. The predicted molar refractivity (Wildman–Crippen MR) is 85.9 cm³/mol. The molecule has 1 saturated heterocycles. The lowest BCUT2D eigenvalue weighted by Crippen LogP contribution is -2.51. The molecule has 0 aromatic carbocycles. The Balaban J connectivity index is 2.61. The molecule has 1 heterocycles. The molecule has 0 spiro atoms. The Labute approximate surface area is 125 Å². The van der Waals surface area contributed by atoms with Gasteiger partial charge < -0.3 is 5.32 Å². The Morgan fingerprint density at radius 1 is 1.25 bits per heavy atom. The Morgan fingerprint density at radius 3 is 2.45 bits per heavy atom. The van der Waals surface area contributed by atoms with Crippen LogP contribution < -0.4 is 5.32 Å². The molecule has 0 radical (unpaired) electrons. The average molecular weight is 305 g/mol. The molecule has 0 saturated carbocycles. The van der Waals surface area contributed by atoms with Crippen LogP contribution in [-0.2, 0) is 9.84 Å². The zero-order valence-electron chi connectivity index (χ0n) is 13.6. The second-order valence-corrected chi connectivity index (χ2v) is 8.59. The van der Waals surface area contributed by atoms with Crippen LogP contribution in [0, 0.1) is 0 Å². The van der Waals surface area contributed by atoms with Gasteiger partial charge in [0, 0.05) is 23.9 Å². The van der Waals surface area contributed by atoms with Crippen molar-refractivity contribution in [2.75, 3.05) is 31.1 Å². The van der Waals surface area contributed by atoms with E-state index in [-0.39, 0.29) is 11.3 Å². The van der Waals surface area contributed by atoms with Crippen molar-refractivity contribution >= 4 is 9.84 Å². The van der Waals surface area contributed by atoms with Crippen molar-refractivity contribution in [1.29, 1.82) is 0 Å². The maximum Gasteiger partial charge on any atom is 0.150 e. The predicted octanol–water partition coefficient (Wildman–Crippen LogP) is 2.05. The second kappa shape index (κ2) is 7.76. The molecule has 1 rings (SSSR count). The highest BCUT2D eigenvalue weighted by Crippen LogP contribution is 2.22. The lowest BCUT2D eigenvalue weighted by molar-refractivity contribution is 0.160. The van der Waals surface area contributed by atoms with Gasteiger partial charge in [0.05, 0.1) is 5.75 Å². The molecule has 1 aliphatic rings. The van der Waals surface area contributed by atoms with E-state index in [4.69, 9.17) is 0 Å². The summed E-state index contributed by atoms with van der Waals surface area (Å²) in [5.41, 5.74) is 0.203. The minimum Gasteiger partial charge on any atom is -0.310 e. The minimum atomic E-state index is -2.83. The van der Waals surface area contributed by atoms with Crippen molar-refractivity contribution in [2.24, 2.45) is 0 Å². The molecule has 0 aromatic rings. The van der Waals surface area contributed by atoms with E-state index in [0.29, 0.717) is 11.8 Å². The molecule has 1 fully saturated rings. The van der Waals surface area contributed by atoms with Crippen molar-refractivity contribution < 1.29 is 8.42 Å². The number of hydrogen-bond acceptors (Lipinski definition) is 4. The third-order valence-electron chi connectivity index (χ3n) is 4.89. The van der Waals surface area contributed by atoms with Gasteiger partial charge in [0.2, 0.25) is 0 Å². The SMILES string of the molecule is CCC1(CC)CN(CCCS(=O)(=O)CC)C(C)CCN1. The standard InChI is InChI=1S/C15H32N2O2S/c1-5-15(6-2)13-17(14(4)9-10-16-15)11-8-12-20(18,19)7-3/h14,16H,5-13H2,1-4H3. The second-order valence-electron chi connectivity index (χ2n) is 6.11. The van der Waals surface area contributed by atoms with Crippen molar-refractivity contribution in [2.45, 2.75) is 65.0 Å². The fraction of sp³-hybridized carbons (Fsp3) is 1.00. The molecule has 20 heavy (non-hydrogen) atoms. The molecule has 1 atom stereocenters.